The molecule has 5 heteroatoms. The second-order valence-electron chi connectivity index (χ2n) is 2.19. The number of hydrogen-bond donors (Lipinski definition) is 0. The smallest absolute Gasteiger partial charge is 0.343 e. The molecule has 0 aromatic carbocycles. The molecule has 0 spiro atoms. The number of carbonyl (C=O) groups excluding carboxylic acids is 1. The number of methoxy groups -OCH3 is 2. The van der Waals surface area contributed by atoms with Gasteiger partial charge in [0.2, 0.25) is 0 Å². The molecule has 0 saturated carbocycles. The van der Waals surface area contributed by atoms with Gasteiger partial charge in [-0.1, -0.05) is 0 Å². The van der Waals surface area contributed by atoms with Crippen LogP contribution in [0.25, 0.3) is 0 Å². The lowest BCUT2D eigenvalue weighted by molar-refractivity contribution is 0.0595. The van der Waals surface area contributed by atoms with E-state index in [1.165, 1.54) is 20.4 Å². The SMILES string of the molecule is COC(=O)c1cncc(F)c1OC. The molecule has 13 heavy (non-hydrogen) atoms. The molecule has 0 unspecified atom stereocenters. The van der Waals surface area contributed by atoms with E-state index in [0.29, 0.717) is 0 Å². The quantitative estimate of drug-likeness (QED) is 0.645. The molecule has 0 fully saturated rings. The molecule has 0 aliphatic rings. The second-order valence-corrected chi connectivity index (χ2v) is 2.19. The summed E-state index contributed by atoms with van der Waals surface area (Å²) in [7, 11) is 2.47. The Labute approximate surface area is 74.3 Å². The van der Waals surface area contributed by atoms with Crippen LogP contribution in [0.4, 0.5) is 4.39 Å². The Morgan fingerprint density at radius 1 is 1.46 bits per heavy atom. The lowest BCUT2D eigenvalue weighted by atomic mass is 10.2. The number of ether oxygens (including phenoxy) is 2. The molecular formula is C8H8FNO3. The molecule has 4 nitrogen and oxygen atoms in total. The van der Waals surface area contributed by atoms with Crippen molar-refractivity contribution in [2.24, 2.45) is 0 Å². The molecule has 0 amide bonds. The number of halogens is 1. The van der Waals surface area contributed by atoms with Crippen molar-refractivity contribution in [2.75, 3.05) is 14.2 Å². The standard InChI is InChI=1S/C8H8FNO3/c1-12-7-5(8(11)13-2)3-10-4-6(7)9/h3-4H,1-2H3. The fraction of sp³-hybridized carbons (Fsp3) is 0.250. The fourth-order valence-corrected chi connectivity index (χ4v) is 0.886. The first-order valence-electron chi connectivity index (χ1n) is 3.46. The van der Waals surface area contributed by atoms with Crippen LogP contribution in [0.2, 0.25) is 0 Å². The van der Waals surface area contributed by atoms with E-state index in [4.69, 9.17) is 0 Å². The van der Waals surface area contributed by atoms with E-state index in [0.717, 1.165) is 6.20 Å². The zero-order valence-electron chi connectivity index (χ0n) is 7.20. The summed E-state index contributed by atoms with van der Waals surface area (Å²) in [6.07, 6.45) is 2.15. The number of carbonyl (C=O) groups is 1. The summed E-state index contributed by atoms with van der Waals surface area (Å²) < 4.78 is 22.0. The van der Waals surface area contributed by atoms with Crippen molar-refractivity contribution in [1.29, 1.82) is 0 Å². The zero-order chi connectivity index (χ0) is 9.84. The highest BCUT2D eigenvalue weighted by Gasteiger charge is 2.16. The van der Waals surface area contributed by atoms with Crippen molar-refractivity contribution in [3.63, 3.8) is 0 Å². The van der Waals surface area contributed by atoms with Gasteiger partial charge in [-0.05, 0) is 0 Å². The van der Waals surface area contributed by atoms with Gasteiger partial charge in [0.05, 0.1) is 20.4 Å². The van der Waals surface area contributed by atoms with E-state index in [-0.39, 0.29) is 11.3 Å². The predicted octanol–water partition coefficient (Wildman–Crippen LogP) is 1.02. The van der Waals surface area contributed by atoms with Gasteiger partial charge in [0.1, 0.15) is 5.56 Å². The molecule has 1 rings (SSSR count). The minimum absolute atomic E-state index is 0.0231. The Hall–Kier alpha value is -1.65. The highest BCUT2D eigenvalue weighted by Crippen LogP contribution is 2.21. The summed E-state index contributed by atoms with van der Waals surface area (Å²) in [6.45, 7) is 0. The Kier molecular flexibility index (Phi) is 2.79. The molecule has 70 valence electrons. The van der Waals surface area contributed by atoms with Crippen LogP contribution in [-0.4, -0.2) is 25.2 Å². The van der Waals surface area contributed by atoms with Crippen LogP contribution in [-0.2, 0) is 4.74 Å². The van der Waals surface area contributed by atoms with Crippen molar-refractivity contribution < 1.29 is 18.7 Å². The topological polar surface area (TPSA) is 48.4 Å². The van der Waals surface area contributed by atoms with Crippen LogP contribution < -0.4 is 4.74 Å². The van der Waals surface area contributed by atoms with Crippen LogP contribution >= 0.6 is 0 Å². The number of rotatable bonds is 2. The normalized spacial score (nSPS) is 9.46. The molecule has 0 saturated heterocycles. The highest BCUT2D eigenvalue weighted by molar-refractivity contribution is 5.92. The molecule has 0 N–H and O–H groups in total. The predicted molar refractivity (Wildman–Crippen MR) is 42.1 cm³/mol. The summed E-state index contributed by atoms with van der Waals surface area (Å²) >= 11 is 0. The Bertz CT molecular complexity index is 327. The number of pyridine rings is 1. The average Bonchev–Trinajstić information content (AvgIpc) is 2.16. The van der Waals surface area contributed by atoms with Crippen molar-refractivity contribution in [1.82, 2.24) is 4.98 Å². The molecule has 0 aliphatic heterocycles. The van der Waals surface area contributed by atoms with E-state index in [2.05, 4.69) is 14.5 Å². The van der Waals surface area contributed by atoms with Gasteiger partial charge >= 0.3 is 5.97 Å². The summed E-state index contributed by atoms with van der Waals surface area (Å²) in [6, 6.07) is 0. The van der Waals surface area contributed by atoms with Gasteiger partial charge in [0, 0.05) is 6.20 Å². The maximum atomic E-state index is 13.0. The second kappa shape index (κ2) is 3.84. The molecule has 0 radical (unpaired) electrons. The van der Waals surface area contributed by atoms with Gasteiger partial charge in [-0.15, -0.1) is 0 Å². The average molecular weight is 185 g/mol. The minimum atomic E-state index is -0.689. The van der Waals surface area contributed by atoms with Crippen molar-refractivity contribution in [3.05, 3.63) is 23.8 Å². The number of esters is 1. The van der Waals surface area contributed by atoms with Crippen LogP contribution in [0.1, 0.15) is 10.4 Å². The first kappa shape index (κ1) is 9.44. The third-order valence-electron chi connectivity index (χ3n) is 1.46. The van der Waals surface area contributed by atoms with E-state index in [1.54, 1.807) is 0 Å². The Morgan fingerprint density at radius 2 is 2.15 bits per heavy atom. The number of aromatic nitrogens is 1. The molecular weight excluding hydrogens is 177 g/mol. The largest absolute Gasteiger partial charge is 0.493 e. The number of nitrogens with zero attached hydrogens (tertiary/aromatic N) is 1. The maximum Gasteiger partial charge on any atom is 0.343 e. The van der Waals surface area contributed by atoms with Crippen LogP contribution in [0, 0.1) is 5.82 Å². The van der Waals surface area contributed by atoms with Crippen LogP contribution in [0.3, 0.4) is 0 Å². The molecule has 1 aromatic heterocycles. The van der Waals surface area contributed by atoms with Crippen molar-refractivity contribution in [3.8, 4) is 5.75 Å². The van der Waals surface area contributed by atoms with Crippen molar-refractivity contribution >= 4 is 5.97 Å². The third kappa shape index (κ3) is 1.74. The van der Waals surface area contributed by atoms with E-state index < -0.39 is 11.8 Å². The molecule has 1 heterocycles. The van der Waals surface area contributed by atoms with E-state index >= 15 is 0 Å². The summed E-state index contributed by atoms with van der Waals surface area (Å²) in [4.78, 5) is 14.5. The first-order valence-corrected chi connectivity index (χ1v) is 3.46. The van der Waals surface area contributed by atoms with Gasteiger partial charge in [0.25, 0.3) is 0 Å². The van der Waals surface area contributed by atoms with Crippen LogP contribution in [0.5, 0.6) is 5.75 Å². The Balaban J connectivity index is 3.20. The van der Waals surface area contributed by atoms with E-state index in [1.807, 2.05) is 0 Å². The summed E-state index contributed by atoms with van der Waals surface area (Å²) in [5, 5.41) is 0. The van der Waals surface area contributed by atoms with Gasteiger partial charge < -0.3 is 9.47 Å². The van der Waals surface area contributed by atoms with Gasteiger partial charge in [0.15, 0.2) is 11.6 Å². The third-order valence-corrected chi connectivity index (χ3v) is 1.46. The molecule has 0 atom stereocenters. The van der Waals surface area contributed by atoms with Crippen molar-refractivity contribution in [2.45, 2.75) is 0 Å². The van der Waals surface area contributed by atoms with Gasteiger partial charge in [-0.2, -0.15) is 0 Å². The number of hydrogen-bond acceptors (Lipinski definition) is 4. The van der Waals surface area contributed by atoms with Gasteiger partial charge in [-0.3, -0.25) is 4.98 Å². The zero-order valence-corrected chi connectivity index (χ0v) is 7.20. The molecule has 1 aromatic rings. The molecule has 0 bridgehead atoms. The van der Waals surface area contributed by atoms with Gasteiger partial charge in [-0.25, -0.2) is 9.18 Å². The molecule has 0 aliphatic carbocycles. The first-order chi connectivity index (χ1) is 6.20. The summed E-state index contributed by atoms with van der Waals surface area (Å²) in [5.74, 6) is -1.52. The fourth-order valence-electron chi connectivity index (χ4n) is 0.886. The maximum absolute atomic E-state index is 13.0. The minimum Gasteiger partial charge on any atom is -0.493 e. The highest BCUT2D eigenvalue weighted by atomic mass is 19.1. The monoisotopic (exact) mass is 185 g/mol. The summed E-state index contributed by atoms with van der Waals surface area (Å²) in [5.41, 5.74) is -0.0231. The Morgan fingerprint density at radius 3 is 2.69 bits per heavy atom. The van der Waals surface area contributed by atoms with E-state index in [9.17, 15) is 9.18 Å². The van der Waals surface area contributed by atoms with Crippen LogP contribution in [0.15, 0.2) is 12.4 Å². The lowest BCUT2D eigenvalue weighted by Gasteiger charge is -2.05. The lowest BCUT2D eigenvalue weighted by Crippen LogP contribution is -2.06.